The number of rotatable bonds is 5. The molecule has 1 rings (SSSR count). The summed E-state index contributed by atoms with van der Waals surface area (Å²) < 4.78 is 1.85. The molecule has 0 aromatic carbocycles. The Bertz CT molecular complexity index is 444. The Morgan fingerprint density at radius 3 is 2.61 bits per heavy atom. The predicted molar refractivity (Wildman–Crippen MR) is 66.7 cm³/mol. The third-order valence-corrected chi connectivity index (χ3v) is 2.97. The van der Waals surface area contributed by atoms with Crippen LogP contribution < -0.4 is 16.8 Å². The first-order valence-electron chi connectivity index (χ1n) is 5.31. The second-order valence-corrected chi connectivity index (χ2v) is 4.71. The number of imide groups is 1. The van der Waals surface area contributed by atoms with Crippen LogP contribution in [0.15, 0.2) is 5.16 Å². The van der Waals surface area contributed by atoms with Crippen LogP contribution in [0.5, 0.6) is 0 Å². The van der Waals surface area contributed by atoms with E-state index in [4.69, 9.17) is 11.5 Å². The van der Waals surface area contributed by atoms with Gasteiger partial charge in [-0.05, 0) is 13.8 Å². The zero-order valence-corrected chi connectivity index (χ0v) is 11.0. The van der Waals surface area contributed by atoms with E-state index in [-0.39, 0.29) is 18.3 Å². The molecule has 1 heterocycles. The van der Waals surface area contributed by atoms with Gasteiger partial charge >= 0.3 is 6.03 Å². The minimum absolute atomic E-state index is 0.0400. The molecule has 1 aromatic rings. The summed E-state index contributed by atoms with van der Waals surface area (Å²) in [5.74, 6) is 0.223. The maximum absolute atomic E-state index is 11.3. The molecule has 0 spiro atoms. The van der Waals surface area contributed by atoms with Gasteiger partial charge in [0.05, 0.1) is 12.3 Å². The summed E-state index contributed by atoms with van der Waals surface area (Å²) in [7, 11) is 0. The summed E-state index contributed by atoms with van der Waals surface area (Å²) in [6.45, 7) is 4.21. The number of primary amides is 1. The molecule has 18 heavy (non-hydrogen) atoms. The molecule has 9 heteroatoms. The van der Waals surface area contributed by atoms with Crippen molar-refractivity contribution < 1.29 is 9.59 Å². The number of amides is 3. The molecule has 0 atom stereocenters. The van der Waals surface area contributed by atoms with Crippen molar-refractivity contribution in [3.05, 3.63) is 5.82 Å². The Kier molecular flexibility index (Phi) is 5.10. The van der Waals surface area contributed by atoms with E-state index in [1.165, 1.54) is 11.8 Å². The molecule has 1 aromatic heterocycles. The molecule has 5 N–H and O–H groups in total. The molecular weight excluding hydrogens is 256 g/mol. The number of nitrogens with zero attached hydrogens (tertiary/aromatic N) is 3. The third-order valence-electron chi connectivity index (χ3n) is 2.03. The highest BCUT2D eigenvalue weighted by Gasteiger charge is 2.15. The number of hydrogen-bond donors (Lipinski definition) is 3. The molecule has 0 saturated heterocycles. The molecule has 0 aliphatic carbocycles. The van der Waals surface area contributed by atoms with Crippen LogP contribution in [0.2, 0.25) is 0 Å². The van der Waals surface area contributed by atoms with Crippen LogP contribution in [0.4, 0.5) is 4.79 Å². The molecule has 0 saturated carbocycles. The predicted octanol–water partition coefficient (Wildman–Crippen LogP) is -0.395. The first-order chi connectivity index (χ1) is 8.45. The monoisotopic (exact) mass is 272 g/mol. The first kappa shape index (κ1) is 14.5. The fourth-order valence-corrected chi connectivity index (χ4v) is 2.25. The van der Waals surface area contributed by atoms with E-state index in [2.05, 4.69) is 10.2 Å². The largest absolute Gasteiger partial charge is 0.351 e. The zero-order valence-electron chi connectivity index (χ0n) is 10.2. The summed E-state index contributed by atoms with van der Waals surface area (Å²) in [6.07, 6.45) is 0. The number of urea groups is 1. The van der Waals surface area contributed by atoms with Gasteiger partial charge in [0.1, 0.15) is 5.82 Å². The van der Waals surface area contributed by atoms with Crippen molar-refractivity contribution in [3.63, 3.8) is 0 Å². The Morgan fingerprint density at radius 1 is 1.44 bits per heavy atom. The maximum atomic E-state index is 11.3. The van der Waals surface area contributed by atoms with Gasteiger partial charge in [-0.15, -0.1) is 10.2 Å². The van der Waals surface area contributed by atoms with Crippen LogP contribution in [-0.2, 0) is 11.3 Å². The molecule has 0 aliphatic rings. The number of carbonyl (C=O) groups excluding carboxylic acids is 2. The lowest BCUT2D eigenvalue weighted by molar-refractivity contribution is -0.117. The van der Waals surface area contributed by atoms with Gasteiger partial charge in [-0.3, -0.25) is 10.1 Å². The summed E-state index contributed by atoms with van der Waals surface area (Å²) in [4.78, 5) is 21.7. The van der Waals surface area contributed by atoms with Crippen molar-refractivity contribution in [1.82, 2.24) is 20.1 Å². The molecule has 0 unspecified atom stereocenters. The van der Waals surface area contributed by atoms with E-state index in [1.807, 2.05) is 23.7 Å². The van der Waals surface area contributed by atoms with E-state index in [0.29, 0.717) is 11.0 Å². The molecular formula is C9H16N6O2S. The molecule has 0 aliphatic heterocycles. The summed E-state index contributed by atoms with van der Waals surface area (Å²) in [5.41, 5.74) is 10.4. The lowest BCUT2D eigenvalue weighted by atomic mass is 10.4. The highest BCUT2D eigenvalue weighted by Crippen LogP contribution is 2.20. The smallest absolute Gasteiger partial charge is 0.318 e. The minimum Gasteiger partial charge on any atom is -0.351 e. The SMILES string of the molecule is CC(C)n1c(CN)nnc1SCC(=O)NC(N)=O. The Hall–Kier alpha value is -1.61. The average Bonchev–Trinajstić information content (AvgIpc) is 2.68. The van der Waals surface area contributed by atoms with Crippen LogP contribution in [0.3, 0.4) is 0 Å². The van der Waals surface area contributed by atoms with Crippen molar-refractivity contribution in [2.24, 2.45) is 11.5 Å². The number of hydrogen-bond acceptors (Lipinski definition) is 6. The van der Waals surface area contributed by atoms with Crippen molar-refractivity contribution >= 4 is 23.7 Å². The fourth-order valence-electron chi connectivity index (χ4n) is 1.37. The molecule has 8 nitrogen and oxygen atoms in total. The van der Waals surface area contributed by atoms with Gasteiger partial charge in [0.2, 0.25) is 5.91 Å². The molecule has 100 valence electrons. The normalized spacial score (nSPS) is 10.7. The van der Waals surface area contributed by atoms with Crippen molar-refractivity contribution in [1.29, 1.82) is 0 Å². The average molecular weight is 272 g/mol. The van der Waals surface area contributed by atoms with E-state index in [0.717, 1.165) is 0 Å². The number of aromatic nitrogens is 3. The van der Waals surface area contributed by atoms with Gasteiger partial charge in [0.15, 0.2) is 5.16 Å². The number of thioether (sulfide) groups is 1. The van der Waals surface area contributed by atoms with Crippen LogP contribution in [0.1, 0.15) is 25.7 Å². The van der Waals surface area contributed by atoms with E-state index in [9.17, 15) is 9.59 Å². The lowest BCUT2D eigenvalue weighted by Gasteiger charge is -2.12. The number of nitrogens with one attached hydrogen (secondary N) is 1. The van der Waals surface area contributed by atoms with E-state index >= 15 is 0 Å². The summed E-state index contributed by atoms with van der Waals surface area (Å²) in [6, 6.07) is -0.728. The highest BCUT2D eigenvalue weighted by molar-refractivity contribution is 7.99. The van der Waals surface area contributed by atoms with Crippen LogP contribution in [-0.4, -0.2) is 32.5 Å². The Morgan fingerprint density at radius 2 is 2.11 bits per heavy atom. The topological polar surface area (TPSA) is 129 Å². The van der Waals surface area contributed by atoms with Gasteiger partial charge in [0, 0.05) is 6.04 Å². The van der Waals surface area contributed by atoms with Gasteiger partial charge < -0.3 is 16.0 Å². The first-order valence-corrected chi connectivity index (χ1v) is 6.30. The van der Waals surface area contributed by atoms with E-state index < -0.39 is 11.9 Å². The van der Waals surface area contributed by atoms with Crippen LogP contribution >= 0.6 is 11.8 Å². The number of carbonyl (C=O) groups is 2. The van der Waals surface area contributed by atoms with Gasteiger partial charge in [0.25, 0.3) is 0 Å². The standard InChI is InChI=1S/C9H16N6O2S/c1-5(2)15-6(3-10)13-14-9(15)18-4-7(16)12-8(11)17/h5H,3-4,10H2,1-2H3,(H3,11,12,16,17). The maximum Gasteiger partial charge on any atom is 0.318 e. The molecule has 0 radical (unpaired) electrons. The number of nitrogens with two attached hydrogens (primary N) is 2. The van der Waals surface area contributed by atoms with Gasteiger partial charge in [-0.2, -0.15) is 0 Å². The molecule has 3 amide bonds. The molecule has 0 fully saturated rings. The Balaban J connectivity index is 2.70. The fraction of sp³-hybridized carbons (Fsp3) is 0.556. The zero-order chi connectivity index (χ0) is 13.7. The second kappa shape index (κ2) is 6.36. The van der Waals surface area contributed by atoms with E-state index in [1.54, 1.807) is 0 Å². The summed E-state index contributed by atoms with van der Waals surface area (Å²) >= 11 is 1.18. The van der Waals surface area contributed by atoms with Crippen molar-refractivity contribution in [3.8, 4) is 0 Å². The summed E-state index contributed by atoms with van der Waals surface area (Å²) in [5, 5.41) is 10.5. The third kappa shape index (κ3) is 3.70. The lowest BCUT2D eigenvalue weighted by Crippen LogP contribution is -2.36. The second-order valence-electron chi connectivity index (χ2n) is 3.77. The van der Waals surface area contributed by atoms with Crippen molar-refractivity contribution in [2.75, 3.05) is 5.75 Å². The van der Waals surface area contributed by atoms with Crippen LogP contribution in [0, 0.1) is 0 Å². The van der Waals surface area contributed by atoms with Crippen molar-refractivity contribution in [2.45, 2.75) is 31.6 Å². The molecule has 0 bridgehead atoms. The Labute approximate surface area is 108 Å². The van der Waals surface area contributed by atoms with Crippen LogP contribution in [0.25, 0.3) is 0 Å². The highest BCUT2D eigenvalue weighted by atomic mass is 32.2. The van der Waals surface area contributed by atoms with Gasteiger partial charge in [-0.25, -0.2) is 4.79 Å². The minimum atomic E-state index is -0.867. The van der Waals surface area contributed by atoms with Gasteiger partial charge in [-0.1, -0.05) is 11.8 Å². The quantitative estimate of drug-likeness (QED) is 0.626.